The van der Waals surface area contributed by atoms with Crippen molar-refractivity contribution in [2.75, 3.05) is 69.1 Å². The van der Waals surface area contributed by atoms with Crippen LogP contribution in [0.4, 0.5) is 5.69 Å². The number of nitrogens with zero attached hydrogens (tertiary/aromatic N) is 1. The van der Waals surface area contributed by atoms with Gasteiger partial charge in [0.2, 0.25) is 11.8 Å². The molecule has 1 aromatic carbocycles. The number of halogens is 1. The highest BCUT2D eigenvalue weighted by Crippen LogP contribution is 2.32. The Morgan fingerprint density at radius 1 is 0.821 bits per heavy atom. The van der Waals surface area contributed by atoms with Crippen LogP contribution in [0.2, 0.25) is 0 Å². The first-order valence-corrected chi connectivity index (χ1v) is 15.0. The molecule has 1 aromatic rings. The topological polar surface area (TPSA) is 132 Å². The van der Waals surface area contributed by atoms with Gasteiger partial charge >= 0.3 is 0 Å². The average molecular weight is 660 g/mol. The monoisotopic (exact) mass is 659 g/mol. The van der Waals surface area contributed by atoms with Crippen LogP contribution in [0.25, 0.3) is 0 Å². The van der Waals surface area contributed by atoms with Gasteiger partial charge in [-0.25, -0.2) is 0 Å². The van der Waals surface area contributed by atoms with Gasteiger partial charge in [-0.15, -0.1) is 0 Å². The van der Waals surface area contributed by atoms with Gasteiger partial charge in [0.1, 0.15) is 6.04 Å². The van der Waals surface area contributed by atoms with Gasteiger partial charge < -0.3 is 24.3 Å². The molecule has 1 fully saturated rings. The van der Waals surface area contributed by atoms with Crippen molar-refractivity contribution in [3.63, 3.8) is 0 Å². The first-order valence-electron chi connectivity index (χ1n) is 13.5. The van der Waals surface area contributed by atoms with E-state index in [0.717, 1.165) is 17.9 Å². The summed E-state index contributed by atoms with van der Waals surface area (Å²) in [5.74, 6) is -2.11. The van der Waals surface area contributed by atoms with E-state index in [-0.39, 0.29) is 24.0 Å². The van der Waals surface area contributed by atoms with Crippen LogP contribution >= 0.6 is 22.6 Å². The molecule has 3 rings (SSSR count). The summed E-state index contributed by atoms with van der Waals surface area (Å²) in [5, 5.41) is 5.34. The Morgan fingerprint density at radius 3 is 2.13 bits per heavy atom. The van der Waals surface area contributed by atoms with Crippen LogP contribution in [0, 0.1) is 0 Å². The molecule has 0 radical (unpaired) electrons. The van der Waals surface area contributed by atoms with Crippen molar-refractivity contribution in [3.05, 3.63) is 29.3 Å². The summed E-state index contributed by atoms with van der Waals surface area (Å²) in [7, 11) is 0. The number of ether oxygens (including phenoxy) is 4. The van der Waals surface area contributed by atoms with E-state index in [1.54, 1.807) is 18.2 Å². The third kappa shape index (κ3) is 9.78. The molecule has 2 N–H and O–H groups in total. The Morgan fingerprint density at radius 2 is 1.46 bits per heavy atom. The fourth-order valence-electron chi connectivity index (χ4n) is 4.33. The van der Waals surface area contributed by atoms with Gasteiger partial charge in [0.25, 0.3) is 11.8 Å². The quantitative estimate of drug-likeness (QED) is 0.0939. The minimum atomic E-state index is -0.991. The molecule has 216 valence electrons. The number of alkyl halides is 1. The van der Waals surface area contributed by atoms with Crippen LogP contribution in [0.15, 0.2) is 18.2 Å². The van der Waals surface area contributed by atoms with Gasteiger partial charge in [-0.3, -0.25) is 29.4 Å². The van der Waals surface area contributed by atoms with Crippen LogP contribution in [-0.4, -0.2) is 98.4 Å². The Balaban J connectivity index is 1.24. The highest BCUT2D eigenvalue weighted by atomic mass is 127. The number of fused-ring (bicyclic) bond motifs is 1. The van der Waals surface area contributed by atoms with Crippen LogP contribution < -0.4 is 10.6 Å². The van der Waals surface area contributed by atoms with E-state index < -0.39 is 29.7 Å². The van der Waals surface area contributed by atoms with Crippen LogP contribution in [0.3, 0.4) is 0 Å². The lowest BCUT2D eigenvalue weighted by Crippen LogP contribution is -2.54. The Hall–Kier alpha value is -2.13. The number of anilines is 1. The van der Waals surface area contributed by atoms with Gasteiger partial charge in [-0.2, -0.15) is 0 Å². The maximum atomic E-state index is 13.1. The first kappa shape index (κ1) is 31.4. The SMILES string of the molecule is O=C1CCC(N2C(=O)c3cccc(NCCOCCOCCOCCOCCCCCCI)c3C2=O)C(=O)N1. The van der Waals surface area contributed by atoms with Crippen molar-refractivity contribution >= 4 is 51.9 Å². The highest BCUT2D eigenvalue weighted by Gasteiger charge is 2.45. The molecule has 39 heavy (non-hydrogen) atoms. The van der Waals surface area contributed by atoms with E-state index in [0.29, 0.717) is 58.5 Å². The van der Waals surface area contributed by atoms with Crippen LogP contribution in [0.5, 0.6) is 0 Å². The number of imide groups is 2. The molecule has 2 aliphatic heterocycles. The van der Waals surface area contributed by atoms with Crippen molar-refractivity contribution in [1.82, 2.24) is 10.2 Å². The van der Waals surface area contributed by atoms with E-state index in [1.165, 1.54) is 23.7 Å². The molecule has 1 unspecified atom stereocenters. The molecule has 0 saturated carbocycles. The number of amides is 4. The second kappa shape index (κ2) is 17.5. The average Bonchev–Trinajstić information content (AvgIpc) is 3.18. The van der Waals surface area contributed by atoms with Gasteiger partial charge in [-0.05, 0) is 35.8 Å². The largest absolute Gasteiger partial charge is 0.382 e. The number of carbonyl (C=O) groups is 4. The lowest BCUT2D eigenvalue weighted by atomic mass is 10.0. The summed E-state index contributed by atoms with van der Waals surface area (Å²) in [6.45, 7) is 4.56. The fourth-order valence-corrected chi connectivity index (χ4v) is 4.87. The lowest BCUT2D eigenvalue weighted by Gasteiger charge is -2.27. The van der Waals surface area contributed by atoms with E-state index in [2.05, 4.69) is 33.2 Å². The molecule has 0 spiro atoms. The van der Waals surface area contributed by atoms with E-state index in [4.69, 9.17) is 18.9 Å². The second-order valence-electron chi connectivity index (χ2n) is 9.15. The zero-order valence-electron chi connectivity index (χ0n) is 22.2. The van der Waals surface area contributed by atoms with Gasteiger partial charge in [0.05, 0.1) is 57.4 Å². The molecule has 12 heteroatoms. The van der Waals surface area contributed by atoms with Crippen molar-refractivity contribution in [2.24, 2.45) is 0 Å². The number of hydrogen-bond donors (Lipinski definition) is 2. The van der Waals surface area contributed by atoms with Crippen molar-refractivity contribution in [2.45, 2.75) is 44.6 Å². The molecule has 0 aliphatic carbocycles. The van der Waals surface area contributed by atoms with E-state index in [9.17, 15) is 19.2 Å². The third-order valence-electron chi connectivity index (χ3n) is 6.32. The highest BCUT2D eigenvalue weighted by molar-refractivity contribution is 14.1. The van der Waals surface area contributed by atoms with Crippen molar-refractivity contribution in [1.29, 1.82) is 0 Å². The Labute approximate surface area is 242 Å². The summed E-state index contributed by atoms with van der Waals surface area (Å²) in [5.41, 5.74) is 0.963. The smallest absolute Gasteiger partial charge is 0.264 e. The molecule has 0 bridgehead atoms. The summed E-state index contributed by atoms with van der Waals surface area (Å²) < 4.78 is 23.3. The van der Waals surface area contributed by atoms with E-state index in [1.807, 2.05) is 0 Å². The molecule has 1 atom stereocenters. The number of carbonyl (C=O) groups excluding carboxylic acids is 4. The number of benzene rings is 1. The second-order valence-corrected chi connectivity index (χ2v) is 10.2. The maximum absolute atomic E-state index is 13.1. The van der Waals surface area contributed by atoms with Crippen LogP contribution in [-0.2, 0) is 28.5 Å². The zero-order valence-corrected chi connectivity index (χ0v) is 24.4. The molecule has 0 aromatic heterocycles. The molecular weight excluding hydrogens is 621 g/mol. The molecule has 11 nitrogen and oxygen atoms in total. The number of rotatable bonds is 20. The van der Waals surface area contributed by atoms with Crippen molar-refractivity contribution < 1.29 is 38.1 Å². The molecular formula is C27H38IN3O8. The van der Waals surface area contributed by atoms with Crippen LogP contribution in [0.1, 0.15) is 59.2 Å². The first-order chi connectivity index (χ1) is 19.0. The standard InChI is InChI=1S/C27H38IN3O8/c28-10-3-1-2-4-12-36-14-16-38-18-19-39-17-15-37-13-11-29-21-7-5-6-20-24(21)27(35)31(26(20)34)22-8-9-23(32)30-25(22)33/h5-7,22,29H,1-4,8-19H2,(H,30,32,33). The maximum Gasteiger partial charge on any atom is 0.264 e. The lowest BCUT2D eigenvalue weighted by molar-refractivity contribution is -0.136. The van der Waals surface area contributed by atoms with Crippen molar-refractivity contribution in [3.8, 4) is 0 Å². The minimum absolute atomic E-state index is 0.0805. The predicted octanol–water partition coefficient (Wildman–Crippen LogP) is 2.56. The molecule has 2 heterocycles. The van der Waals surface area contributed by atoms with E-state index >= 15 is 0 Å². The van der Waals surface area contributed by atoms with Gasteiger partial charge in [0, 0.05) is 25.3 Å². The number of hydrogen-bond acceptors (Lipinski definition) is 9. The van der Waals surface area contributed by atoms with Gasteiger partial charge in [0.15, 0.2) is 0 Å². The Bertz CT molecular complexity index is 976. The normalized spacial score (nSPS) is 17.1. The predicted molar refractivity (Wildman–Crippen MR) is 152 cm³/mol. The summed E-state index contributed by atoms with van der Waals surface area (Å²) in [6.07, 6.45) is 5.07. The molecule has 4 amide bonds. The fraction of sp³-hybridized carbons (Fsp3) is 0.630. The molecule has 2 aliphatic rings. The summed E-state index contributed by atoms with van der Waals surface area (Å²) in [6, 6.07) is 3.96. The zero-order chi connectivity index (χ0) is 27.9. The summed E-state index contributed by atoms with van der Waals surface area (Å²) in [4.78, 5) is 50.6. The molecule has 1 saturated heterocycles. The summed E-state index contributed by atoms with van der Waals surface area (Å²) >= 11 is 2.40. The Kier molecular flexibility index (Phi) is 14.1. The third-order valence-corrected chi connectivity index (χ3v) is 7.08. The van der Waals surface area contributed by atoms with Gasteiger partial charge in [-0.1, -0.05) is 41.5 Å². The number of nitrogens with one attached hydrogen (secondary N) is 2. The minimum Gasteiger partial charge on any atom is -0.382 e. The number of piperidine rings is 1. The number of unbranched alkanes of at least 4 members (excludes halogenated alkanes) is 3.